The van der Waals surface area contributed by atoms with Gasteiger partial charge in [0.15, 0.2) is 23.0 Å². The minimum atomic E-state index is 0.00466. The smallest absolute Gasteiger partial charge is 0.231 e. The maximum atomic E-state index is 10.2. The van der Waals surface area contributed by atoms with E-state index < -0.39 is 0 Å². The van der Waals surface area contributed by atoms with Gasteiger partial charge in [0.2, 0.25) is 6.79 Å². The fraction of sp³-hybridized carbons (Fsp3) is 0.571. The van der Waals surface area contributed by atoms with Crippen LogP contribution in [0.3, 0.4) is 0 Å². The highest BCUT2D eigenvalue weighted by molar-refractivity contribution is 5.50. The van der Waals surface area contributed by atoms with E-state index in [0.717, 1.165) is 75.3 Å². The zero-order valence-corrected chi connectivity index (χ0v) is 20.5. The molecule has 6 nitrogen and oxygen atoms in total. The summed E-state index contributed by atoms with van der Waals surface area (Å²) in [6.45, 7) is 6.92. The van der Waals surface area contributed by atoms with Gasteiger partial charge in [-0.15, -0.1) is 0 Å². The van der Waals surface area contributed by atoms with E-state index in [1.807, 2.05) is 12.1 Å². The Kier molecular flexibility index (Phi) is 8.94. The van der Waals surface area contributed by atoms with Crippen molar-refractivity contribution in [3.8, 4) is 23.0 Å². The fourth-order valence-electron chi connectivity index (χ4n) is 5.25. The standard InChI is InChI=1S/C28H40N2O4/c1-2-16-30(23-9-10-24-22(19-23)8-11-25(31)28(24)32)17-6-4-3-5-14-29-15-13-21-7-12-26-27(18-21)34-20-33-26/h7-8,11-12,18,23,29,31-32H,2-6,9-10,13-17,19-20H2,1H3/t23-/m0/s1. The molecule has 4 rings (SSSR count). The Hall–Kier alpha value is -2.44. The summed E-state index contributed by atoms with van der Waals surface area (Å²) in [4.78, 5) is 2.65. The molecule has 186 valence electrons. The van der Waals surface area contributed by atoms with Crippen LogP contribution in [0.25, 0.3) is 0 Å². The molecule has 2 aromatic rings. The van der Waals surface area contributed by atoms with Crippen LogP contribution in [-0.4, -0.2) is 54.1 Å². The van der Waals surface area contributed by atoms with Crippen LogP contribution >= 0.6 is 0 Å². The SMILES string of the molecule is CCCN(CCCCCCNCCc1ccc2c(c1)OCO2)[C@H]1CCc2c(ccc(O)c2O)C1. The summed E-state index contributed by atoms with van der Waals surface area (Å²) in [5.74, 6) is 1.80. The first kappa shape index (κ1) is 24.7. The lowest BCUT2D eigenvalue weighted by atomic mass is 9.86. The molecule has 0 unspecified atom stereocenters. The molecule has 0 amide bonds. The third kappa shape index (κ3) is 6.36. The summed E-state index contributed by atoms with van der Waals surface area (Å²) in [5, 5.41) is 23.5. The van der Waals surface area contributed by atoms with Gasteiger partial charge in [-0.2, -0.15) is 0 Å². The van der Waals surface area contributed by atoms with Crippen LogP contribution in [-0.2, 0) is 19.3 Å². The topological polar surface area (TPSA) is 74.2 Å². The van der Waals surface area contributed by atoms with E-state index in [1.54, 1.807) is 6.07 Å². The third-order valence-electron chi connectivity index (χ3n) is 7.15. The van der Waals surface area contributed by atoms with Crippen molar-refractivity contribution in [2.24, 2.45) is 0 Å². The number of ether oxygens (including phenoxy) is 2. The molecule has 1 aliphatic heterocycles. The molecular weight excluding hydrogens is 428 g/mol. The number of hydrogen-bond acceptors (Lipinski definition) is 6. The third-order valence-corrected chi connectivity index (χ3v) is 7.15. The Morgan fingerprint density at radius 1 is 0.971 bits per heavy atom. The molecule has 0 saturated heterocycles. The summed E-state index contributed by atoms with van der Waals surface area (Å²) in [5.41, 5.74) is 3.42. The normalized spacial score (nSPS) is 16.7. The van der Waals surface area contributed by atoms with Gasteiger partial charge in [0.05, 0.1) is 0 Å². The molecule has 3 N–H and O–H groups in total. The first-order valence-electron chi connectivity index (χ1n) is 13.0. The van der Waals surface area contributed by atoms with Crippen molar-refractivity contribution in [3.05, 3.63) is 47.0 Å². The minimum absolute atomic E-state index is 0.00466. The molecule has 2 aromatic carbocycles. The van der Waals surface area contributed by atoms with Crippen LogP contribution in [0.2, 0.25) is 0 Å². The highest BCUT2D eigenvalue weighted by Crippen LogP contribution is 2.37. The number of unbranched alkanes of at least 4 members (excludes halogenated alkanes) is 3. The highest BCUT2D eigenvalue weighted by atomic mass is 16.7. The van der Waals surface area contributed by atoms with Crippen molar-refractivity contribution < 1.29 is 19.7 Å². The lowest BCUT2D eigenvalue weighted by Crippen LogP contribution is -2.40. The molecule has 1 heterocycles. The molecule has 0 radical (unpaired) electrons. The molecule has 0 saturated carbocycles. The van der Waals surface area contributed by atoms with Crippen molar-refractivity contribution in [1.29, 1.82) is 0 Å². The average molecular weight is 469 g/mol. The summed E-state index contributed by atoms with van der Waals surface area (Å²) >= 11 is 0. The number of benzene rings is 2. The van der Waals surface area contributed by atoms with Crippen molar-refractivity contribution in [2.75, 3.05) is 33.0 Å². The second-order valence-corrected chi connectivity index (χ2v) is 9.61. The average Bonchev–Trinajstić information content (AvgIpc) is 3.32. The number of nitrogens with one attached hydrogen (secondary N) is 1. The highest BCUT2D eigenvalue weighted by Gasteiger charge is 2.26. The molecule has 0 aromatic heterocycles. The predicted octanol–water partition coefficient (Wildman–Crippen LogP) is 4.79. The van der Waals surface area contributed by atoms with Crippen molar-refractivity contribution in [3.63, 3.8) is 0 Å². The monoisotopic (exact) mass is 468 g/mol. The van der Waals surface area contributed by atoms with Gasteiger partial charge in [-0.25, -0.2) is 0 Å². The first-order chi connectivity index (χ1) is 16.7. The quantitative estimate of drug-likeness (QED) is 0.290. The molecular formula is C28H40N2O4. The van der Waals surface area contributed by atoms with Crippen LogP contribution < -0.4 is 14.8 Å². The molecule has 0 fully saturated rings. The van der Waals surface area contributed by atoms with Crippen LogP contribution in [0.4, 0.5) is 0 Å². The summed E-state index contributed by atoms with van der Waals surface area (Å²) in [6.07, 6.45) is 10.0. The molecule has 0 bridgehead atoms. The van der Waals surface area contributed by atoms with Gasteiger partial charge in [-0.3, -0.25) is 0 Å². The van der Waals surface area contributed by atoms with E-state index in [2.05, 4.69) is 29.3 Å². The lowest BCUT2D eigenvalue weighted by molar-refractivity contribution is 0.174. The maximum Gasteiger partial charge on any atom is 0.231 e. The number of aromatic hydroxyl groups is 2. The first-order valence-corrected chi connectivity index (χ1v) is 13.0. The summed E-state index contributed by atoms with van der Waals surface area (Å²) in [6, 6.07) is 10.4. The largest absolute Gasteiger partial charge is 0.504 e. The minimum Gasteiger partial charge on any atom is -0.504 e. The Balaban J connectivity index is 1.09. The van der Waals surface area contributed by atoms with Crippen LogP contribution in [0, 0.1) is 0 Å². The molecule has 0 spiro atoms. The van der Waals surface area contributed by atoms with Gasteiger partial charge in [-0.05, 0) is 100 Å². The van der Waals surface area contributed by atoms with Gasteiger partial charge >= 0.3 is 0 Å². The Bertz CT molecular complexity index is 933. The van der Waals surface area contributed by atoms with Crippen molar-refractivity contribution in [1.82, 2.24) is 10.2 Å². The predicted molar refractivity (Wildman–Crippen MR) is 135 cm³/mol. The van der Waals surface area contributed by atoms with Gasteiger partial charge in [0.25, 0.3) is 0 Å². The second-order valence-electron chi connectivity index (χ2n) is 9.61. The van der Waals surface area contributed by atoms with Gasteiger partial charge < -0.3 is 29.9 Å². The number of phenolic OH excluding ortho intramolecular Hbond substituents is 2. The Labute approximate surface area is 203 Å². The van der Waals surface area contributed by atoms with Gasteiger partial charge in [-0.1, -0.05) is 31.9 Å². The second kappa shape index (κ2) is 12.3. The van der Waals surface area contributed by atoms with Crippen LogP contribution in [0.1, 0.15) is 62.1 Å². The Morgan fingerprint density at radius 2 is 1.82 bits per heavy atom. The molecule has 1 atom stereocenters. The number of fused-ring (bicyclic) bond motifs is 2. The van der Waals surface area contributed by atoms with E-state index in [4.69, 9.17) is 9.47 Å². The fourth-order valence-corrected chi connectivity index (χ4v) is 5.25. The Morgan fingerprint density at radius 3 is 2.71 bits per heavy atom. The van der Waals surface area contributed by atoms with E-state index in [0.29, 0.717) is 12.8 Å². The maximum absolute atomic E-state index is 10.2. The van der Waals surface area contributed by atoms with Crippen molar-refractivity contribution in [2.45, 2.75) is 70.8 Å². The number of phenols is 2. The van der Waals surface area contributed by atoms with Crippen LogP contribution in [0.5, 0.6) is 23.0 Å². The van der Waals surface area contributed by atoms with E-state index >= 15 is 0 Å². The number of nitrogens with zero attached hydrogens (tertiary/aromatic N) is 1. The summed E-state index contributed by atoms with van der Waals surface area (Å²) in [7, 11) is 0. The molecule has 34 heavy (non-hydrogen) atoms. The zero-order chi connectivity index (χ0) is 23.8. The van der Waals surface area contributed by atoms with Crippen molar-refractivity contribution >= 4 is 0 Å². The molecule has 2 aliphatic rings. The zero-order valence-electron chi connectivity index (χ0n) is 20.5. The number of rotatable bonds is 13. The lowest BCUT2D eigenvalue weighted by Gasteiger charge is -2.35. The van der Waals surface area contributed by atoms with E-state index in [9.17, 15) is 10.2 Å². The van der Waals surface area contributed by atoms with E-state index in [1.165, 1.54) is 36.8 Å². The van der Waals surface area contributed by atoms with Gasteiger partial charge in [0.1, 0.15) is 0 Å². The molecule has 1 aliphatic carbocycles. The van der Waals surface area contributed by atoms with Gasteiger partial charge in [0, 0.05) is 11.6 Å². The summed E-state index contributed by atoms with van der Waals surface area (Å²) < 4.78 is 10.8. The van der Waals surface area contributed by atoms with E-state index in [-0.39, 0.29) is 11.5 Å². The van der Waals surface area contributed by atoms with Crippen LogP contribution in [0.15, 0.2) is 30.3 Å². The molecule has 6 heteroatoms. The number of hydrogen-bond donors (Lipinski definition) is 3.